The van der Waals surface area contributed by atoms with Gasteiger partial charge in [0, 0.05) is 57.3 Å². The van der Waals surface area contributed by atoms with Crippen LogP contribution in [-0.2, 0) is 22.6 Å². The molecule has 0 radical (unpaired) electrons. The van der Waals surface area contributed by atoms with Crippen molar-refractivity contribution in [2.75, 3.05) is 45.0 Å². The van der Waals surface area contributed by atoms with E-state index in [1.54, 1.807) is 0 Å². The van der Waals surface area contributed by atoms with E-state index in [2.05, 4.69) is 82.2 Å². The van der Waals surface area contributed by atoms with Crippen molar-refractivity contribution in [1.82, 2.24) is 9.80 Å². The minimum Gasteiger partial charge on any atom is -0.352 e. The topological polar surface area (TPSA) is 24.9 Å². The van der Waals surface area contributed by atoms with Gasteiger partial charge in [-0.15, -0.1) is 0 Å². The van der Waals surface area contributed by atoms with Gasteiger partial charge in [-0.1, -0.05) is 60.7 Å². The minimum atomic E-state index is -0.446. The van der Waals surface area contributed by atoms with Crippen molar-refractivity contribution in [3.8, 4) is 0 Å². The van der Waals surface area contributed by atoms with Crippen molar-refractivity contribution >= 4 is 11.8 Å². The van der Waals surface area contributed by atoms with Crippen LogP contribution < -0.4 is 0 Å². The number of piperidine rings is 1. The number of thioether (sulfide) groups is 1. The van der Waals surface area contributed by atoms with E-state index in [0.717, 1.165) is 44.2 Å². The van der Waals surface area contributed by atoms with Crippen LogP contribution in [0.3, 0.4) is 0 Å². The van der Waals surface area contributed by atoms with E-state index in [9.17, 15) is 0 Å². The minimum absolute atomic E-state index is 0.00457. The van der Waals surface area contributed by atoms with Gasteiger partial charge in [-0.3, -0.25) is 9.80 Å². The normalized spacial score (nSPS) is 32.7. The summed E-state index contributed by atoms with van der Waals surface area (Å²) in [6, 6.07) is 21.6. The number of ether oxygens (including phenoxy) is 2. The summed E-state index contributed by atoms with van der Waals surface area (Å²) in [5, 5.41) is 0. The molecule has 0 saturated carbocycles. The van der Waals surface area contributed by atoms with Gasteiger partial charge in [-0.25, -0.2) is 0 Å². The highest BCUT2D eigenvalue weighted by atomic mass is 32.2. The number of rotatable bonds is 5. The highest BCUT2D eigenvalue weighted by Gasteiger charge is 2.65. The van der Waals surface area contributed by atoms with Crippen LogP contribution in [0.1, 0.15) is 11.1 Å². The lowest BCUT2D eigenvalue weighted by Crippen LogP contribution is -2.75. The standard InChI is InChI=1S/C24H30N2O2S/c1-27-24-22-14-25(12-20-8-4-2-5-9-20)16-23(24,18-29-15-22)17-26(19-28-24)13-21-10-6-3-7-11-21/h2-11,22H,12-19H2,1H3. The lowest BCUT2D eigenvalue weighted by atomic mass is 9.69. The molecule has 3 aliphatic rings. The zero-order chi connectivity index (χ0) is 19.7. The Hall–Kier alpha value is -1.37. The summed E-state index contributed by atoms with van der Waals surface area (Å²) in [6.45, 7) is 5.65. The summed E-state index contributed by atoms with van der Waals surface area (Å²) in [5.41, 5.74) is 2.72. The van der Waals surface area contributed by atoms with E-state index >= 15 is 0 Å². The molecule has 2 bridgehead atoms. The van der Waals surface area contributed by atoms with Crippen molar-refractivity contribution in [2.24, 2.45) is 11.3 Å². The number of hydrogen-bond donors (Lipinski definition) is 0. The van der Waals surface area contributed by atoms with Gasteiger partial charge < -0.3 is 9.47 Å². The Morgan fingerprint density at radius 3 is 2.24 bits per heavy atom. The molecule has 0 spiro atoms. The lowest BCUT2D eigenvalue weighted by molar-refractivity contribution is -0.368. The number of methoxy groups -OCH3 is 1. The molecular formula is C24H30N2O2S. The van der Waals surface area contributed by atoms with Crippen LogP contribution in [-0.4, -0.2) is 60.6 Å². The number of hydrogen-bond acceptors (Lipinski definition) is 5. The average molecular weight is 411 g/mol. The second-order valence-corrected chi connectivity index (χ2v) is 9.80. The van der Waals surface area contributed by atoms with Crippen LogP contribution in [0.25, 0.3) is 0 Å². The van der Waals surface area contributed by atoms with Crippen molar-refractivity contribution in [1.29, 1.82) is 0 Å². The number of nitrogens with zero attached hydrogens (tertiary/aromatic N) is 2. The molecule has 0 amide bonds. The first kappa shape index (κ1) is 19.6. The molecule has 3 atom stereocenters. The average Bonchev–Trinajstić information content (AvgIpc) is 2.74. The number of likely N-dealkylation sites (tertiary alicyclic amines) is 1. The van der Waals surface area contributed by atoms with E-state index in [0.29, 0.717) is 12.6 Å². The van der Waals surface area contributed by atoms with Gasteiger partial charge in [-0.2, -0.15) is 11.8 Å². The first-order valence-electron chi connectivity index (χ1n) is 10.5. The molecule has 2 aromatic rings. The molecule has 0 aliphatic carbocycles. The van der Waals surface area contributed by atoms with E-state index < -0.39 is 5.79 Å². The number of benzene rings is 2. The van der Waals surface area contributed by atoms with E-state index in [4.69, 9.17) is 9.47 Å². The SMILES string of the molecule is COC12OCN(Cc3ccccc3)CC13CSCC2CN(Cc1ccccc1)C3. The van der Waals surface area contributed by atoms with Crippen molar-refractivity contribution < 1.29 is 9.47 Å². The summed E-state index contributed by atoms with van der Waals surface area (Å²) >= 11 is 2.08. The van der Waals surface area contributed by atoms with Crippen LogP contribution in [0.4, 0.5) is 0 Å². The third-order valence-electron chi connectivity index (χ3n) is 6.77. The zero-order valence-electron chi connectivity index (χ0n) is 17.1. The smallest absolute Gasteiger partial charge is 0.183 e. The van der Waals surface area contributed by atoms with Gasteiger partial charge in [-0.05, 0) is 11.1 Å². The predicted molar refractivity (Wildman–Crippen MR) is 118 cm³/mol. The largest absolute Gasteiger partial charge is 0.352 e. The molecular weight excluding hydrogens is 380 g/mol. The Labute approximate surface area is 178 Å². The fraction of sp³-hybridized carbons (Fsp3) is 0.500. The monoisotopic (exact) mass is 410 g/mol. The Balaban J connectivity index is 1.40. The highest BCUT2D eigenvalue weighted by Crippen LogP contribution is 2.54. The lowest BCUT2D eigenvalue weighted by Gasteiger charge is -2.64. The summed E-state index contributed by atoms with van der Waals surface area (Å²) in [5.74, 6) is 2.16. The maximum absolute atomic E-state index is 6.62. The molecule has 0 N–H and O–H groups in total. The highest BCUT2D eigenvalue weighted by molar-refractivity contribution is 7.99. The third-order valence-corrected chi connectivity index (χ3v) is 8.16. The maximum Gasteiger partial charge on any atom is 0.183 e. The molecule has 5 rings (SSSR count). The predicted octanol–water partition coefficient (Wildman–Crippen LogP) is 3.68. The molecule has 3 aliphatic heterocycles. The van der Waals surface area contributed by atoms with E-state index in [-0.39, 0.29) is 5.41 Å². The Kier molecular flexibility index (Phi) is 5.43. The molecule has 3 heterocycles. The van der Waals surface area contributed by atoms with Gasteiger partial charge in [0.25, 0.3) is 0 Å². The maximum atomic E-state index is 6.62. The first-order valence-corrected chi connectivity index (χ1v) is 11.7. The molecule has 154 valence electrons. The van der Waals surface area contributed by atoms with Crippen LogP contribution in [0.2, 0.25) is 0 Å². The van der Waals surface area contributed by atoms with Gasteiger partial charge in [0.1, 0.15) is 6.73 Å². The second kappa shape index (κ2) is 8.05. The Bertz CT molecular complexity index is 816. The van der Waals surface area contributed by atoms with Gasteiger partial charge in [0.15, 0.2) is 5.79 Å². The molecule has 5 heteroatoms. The van der Waals surface area contributed by atoms with E-state index in [1.807, 2.05) is 7.11 Å². The van der Waals surface area contributed by atoms with Crippen LogP contribution >= 0.6 is 11.8 Å². The molecule has 0 aromatic heterocycles. The van der Waals surface area contributed by atoms with E-state index in [1.165, 1.54) is 11.1 Å². The van der Waals surface area contributed by atoms with Crippen molar-refractivity contribution in [3.05, 3.63) is 71.8 Å². The summed E-state index contributed by atoms with van der Waals surface area (Å²) in [6.07, 6.45) is 0. The second-order valence-electron chi connectivity index (χ2n) is 8.77. The fourth-order valence-corrected chi connectivity index (χ4v) is 7.16. The van der Waals surface area contributed by atoms with Gasteiger partial charge in [0.2, 0.25) is 0 Å². The molecule has 4 nitrogen and oxygen atoms in total. The molecule has 3 fully saturated rings. The third kappa shape index (κ3) is 3.53. The summed E-state index contributed by atoms with van der Waals surface area (Å²) in [4.78, 5) is 5.09. The quantitative estimate of drug-likeness (QED) is 0.749. The van der Waals surface area contributed by atoms with Crippen LogP contribution in [0.5, 0.6) is 0 Å². The summed E-state index contributed by atoms with van der Waals surface area (Å²) in [7, 11) is 1.86. The van der Waals surface area contributed by atoms with Crippen LogP contribution in [0, 0.1) is 11.3 Å². The first-order chi connectivity index (χ1) is 14.2. The fourth-order valence-electron chi connectivity index (χ4n) is 5.66. The Morgan fingerprint density at radius 2 is 1.59 bits per heavy atom. The molecule has 3 unspecified atom stereocenters. The molecule has 3 saturated heterocycles. The molecule has 2 aromatic carbocycles. The van der Waals surface area contributed by atoms with Gasteiger partial charge >= 0.3 is 0 Å². The zero-order valence-corrected chi connectivity index (χ0v) is 17.9. The van der Waals surface area contributed by atoms with Crippen molar-refractivity contribution in [3.63, 3.8) is 0 Å². The van der Waals surface area contributed by atoms with Crippen molar-refractivity contribution in [2.45, 2.75) is 18.9 Å². The molecule has 29 heavy (non-hydrogen) atoms. The van der Waals surface area contributed by atoms with Gasteiger partial charge in [0.05, 0.1) is 5.41 Å². The van der Waals surface area contributed by atoms with Crippen LogP contribution in [0.15, 0.2) is 60.7 Å². The Morgan fingerprint density at radius 1 is 0.966 bits per heavy atom. The summed E-state index contributed by atoms with van der Waals surface area (Å²) < 4.78 is 12.9.